The van der Waals surface area contributed by atoms with Crippen LogP contribution in [-0.2, 0) is 11.3 Å². The summed E-state index contributed by atoms with van der Waals surface area (Å²) >= 11 is 0. The fourth-order valence-corrected chi connectivity index (χ4v) is 4.58. The van der Waals surface area contributed by atoms with Gasteiger partial charge in [0.15, 0.2) is 0 Å². The smallest absolute Gasteiger partial charge is 0.323 e. The summed E-state index contributed by atoms with van der Waals surface area (Å²) in [7, 11) is 0. The van der Waals surface area contributed by atoms with Crippen molar-refractivity contribution in [3.8, 4) is 0 Å². The molecule has 0 unspecified atom stereocenters. The first kappa shape index (κ1) is 20.1. The van der Waals surface area contributed by atoms with Gasteiger partial charge in [0.1, 0.15) is 12.4 Å². The predicted octanol–water partition coefficient (Wildman–Crippen LogP) is 4.50. The number of aryl methyl sites for hydroxylation is 1. The number of nitrogens with zero attached hydrogens (tertiary/aromatic N) is 2. The molecule has 2 aromatic carbocycles. The minimum Gasteiger partial charge on any atom is -0.480 e. The van der Waals surface area contributed by atoms with E-state index in [1.54, 1.807) is 10.6 Å². The number of carbonyl (C=O) groups is 2. The second-order valence-corrected chi connectivity index (χ2v) is 8.07. The zero-order valence-electron chi connectivity index (χ0n) is 17.2. The Kier molecular flexibility index (Phi) is 5.33. The first-order chi connectivity index (χ1) is 14.3. The van der Waals surface area contributed by atoms with E-state index in [0.29, 0.717) is 18.7 Å². The molecule has 0 atom stereocenters. The van der Waals surface area contributed by atoms with Crippen LogP contribution in [0.1, 0.15) is 45.9 Å². The number of likely N-dealkylation sites (tertiary alicyclic amines) is 1. The Hall–Kier alpha value is -3.15. The Morgan fingerprint density at radius 1 is 1.07 bits per heavy atom. The topological polar surface area (TPSA) is 62.5 Å². The number of fused-ring (bicyclic) bond motifs is 1. The van der Waals surface area contributed by atoms with Crippen molar-refractivity contribution in [2.45, 2.75) is 39.2 Å². The van der Waals surface area contributed by atoms with E-state index < -0.39 is 5.97 Å². The van der Waals surface area contributed by atoms with Crippen LogP contribution in [0.2, 0.25) is 0 Å². The molecule has 1 aromatic heterocycles. The van der Waals surface area contributed by atoms with E-state index in [2.05, 4.69) is 0 Å². The van der Waals surface area contributed by atoms with Crippen LogP contribution >= 0.6 is 0 Å². The molecule has 6 heteroatoms. The molecule has 4 rings (SSSR count). The summed E-state index contributed by atoms with van der Waals surface area (Å²) in [5.41, 5.74) is 4.42. The Morgan fingerprint density at radius 2 is 1.73 bits per heavy atom. The number of hydrogen-bond donors (Lipinski definition) is 1. The van der Waals surface area contributed by atoms with Gasteiger partial charge in [0.2, 0.25) is 0 Å². The van der Waals surface area contributed by atoms with E-state index in [0.717, 1.165) is 40.6 Å². The monoisotopic (exact) mass is 408 g/mol. The van der Waals surface area contributed by atoms with Crippen LogP contribution in [0.4, 0.5) is 4.39 Å². The first-order valence-electron chi connectivity index (χ1n) is 10.2. The highest BCUT2D eigenvalue weighted by Crippen LogP contribution is 2.38. The van der Waals surface area contributed by atoms with Gasteiger partial charge in [-0.15, -0.1) is 0 Å². The maximum absolute atomic E-state index is 14.0. The quantitative estimate of drug-likeness (QED) is 0.691. The highest BCUT2D eigenvalue weighted by Gasteiger charge is 2.29. The SMILES string of the molecule is Cc1ccc(C(=O)N2CCC(c3c(C)n(CC(=O)O)c4ccc(F)cc34)CC2)cc1. The summed E-state index contributed by atoms with van der Waals surface area (Å²) < 4.78 is 15.7. The van der Waals surface area contributed by atoms with Gasteiger partial charge in [-0.2, -0.15) is 0 Å². The Labute approximate surface area is 174 Å². The van der Waals surface area contributed by atoms with Crippen molar-refractivity contribution >= 4 is 22.8 Å². The predicted molar refractivity (Wildman–Crippen MR) is 113 cm³/mol. The summed E-state index contributed by atoms with van der Waals surface area (Å²) in [5, 5.41) is 10.1. The Bertz CT molecular complexity index is 1110. The van der Waals surface area contributed by atoms with Crippen LogP contribution < -0.4 is 0 Å². The maximum Gasteiger partial charge on any atom is 0.323 e. The van der Waals surface area contributed by atoms with E-state index in [-0.39, 0.29) is 24.2 Å². The van der Waals surface area contributed by atoms with Crippen molar-refractivity contribution in [1.82, 2.24) is 9.47 Å². The highest BCUT2D eigenvalue weighted by atomic mass is 19.1. The number of amides is 1. The standard InChI is InChI=1S/C24H25FN2O3/c1-15-3-5-18(6-4-15)24(30)26-11-9-17(10-12-26)23-16(2)27(14-22(28)29)21-8-7-19(25)13-20(21)23/h3-8,13,17H,9-12,14H2,1-2H3,(H,28,29). The van der Waals surface area contributed by atoms with Gasteiger partial charge in [-0.3, -0.25) is 9.59 Å². The molecule has 0 aliphatic carbocycles. The molecule has 1 N–H and O–H groups in total. The van der Waals surface area contributed by atoms with Crippen LogP contribution in [-0.4, -0.2) is 39.5 Å². The number of piperidine rings is 1. The minimum atomic E-state index is -0.926. The van der Waals surface area contributed by atoms with Gasteiger partial charge >= 0.3 is 5.97 Å². The molecule has 3 aromatic rings. The first-order valence-corrected chi connectivity index (χ1v) is 10.2. The second-order valence-electron chi connectivity index (χ2n) is 8.07. The lowest BCUT2D eigenvalue weighted by atomic mass is 9.87. The molecular formula is C24H25FN2O3. The average Bonchev–Trinajstić information content (AvgIpc) is 2.98. The van der Waals surface area contributed by atoms with Gasteiger partial charge in [0.25, 0.3) is 5.91 Å². The lowest BCUT2D eigenvalue weighted by Gasteiger charge is -2.32. The Balaban J connectivity index is 1.59. The molecule has 1 aliphatic heterocycles. The molecule has 0 bridgehead atoms. The third-order valence-corrected chi connectivity index (χ3v) is 6.12. The second kappa shape index (κ2) is 7.94. The van der Waals surface area contributed by atoms with E-state index in [4.69, 9.17) is 0 Å². The third-order valence-electron chi connectivity index (χ3n) is 6.12. The van der Waals surface area contributed by atoms with E-state index in [9.17, 15) is 19.1 Å². The van der Waals surface area contributed by atoms with Crippen molar-refractivity contribution in [2.75, 3.05) is 13.1 Å². The summed E-state index contributed by atoms with van der Waals surface area (Å²) in [5.74, 6) is -1.07. The van der Waals surface area contributed by atoms with Crippen LogP contribution in [0.5, 0.6) is 0 Å². The lowest BCUT2D eigenvalue weighted by molar-refractivity contribution is -0.137. The summed E-state index contributed by atoms with van der Waals surface area (Å²) in [4.78, 5) is 26.0. The molecular weight excluding hydrogens is 383 g/mol. The van der Waals surface area contributed by atoms with Crippen LogP contribution in [0.15, 0.2) is 42.5 Å². The van der Waals surface area contributed by atoms with Gasteiger partial charge < -0.3 is 14.6 Å². The number of carboxylic acid groups (broad SMARTS) is 1. The molecule has 30 heavy (non-hydrogen) atoms. The fraction of sp³-hybridized carbons (Fsp3) is 0.333. The summed E-state index contributed by atoms with van der Waals surface area (Å²) in [6.45, 7) is 4.99. The molecule has 1 fully saturated rings. The molecule has 5 nitrogen and oxygen atoms in total. The van der Waals surface area contributed by atoms with Gasteiger partial charge in [-0.1, -0.05) is 17.7 Å². The third kappa shape index (κ3) is 3.70. The average molecular weight is 408 g/mol. The van der Waals surface area contributed by atoms with Crippen molar-refractivity contribution in [2.24, 2.45) is 0 Å². The molecule has 1 amide bonds. The number of hydrogen-bond acceptors (Lipinski definition) is 2. The highest BCUT2D eigenvalue weighted by molar-refractivity contribution is 5.94. The van der Waals surface area contributed by atoms with Gasteiger partial charge in [0, 0.05) is 35.2 Å². The van der Waals surface area contributed by atoms with E-state index >= 15 is 0 Å². The number of carbonyl (C=O) groups excluding carboxylic acids is 1. The molecule has 2 heterocycles. The molecule has 156 valence electrons. The van der Waals surface area contributed by atoms with Crippen LogP contribution in [0.25, 0.3) is 10.9 Å². The van der Waals surface area contributed by atoms with Gasteiger partial charge in [-0.05, 0) is 68.5 Å². The zero-order valence-corrected chi connectivity index (χ0v) is 17.2. The number of benzene rings is 2. The van der Waals surface area contributed by atoms with Crippen molar-refractivity contribution in [3.05, 3.63) is 70.7 Å². The fourth-order valence-electron chi connectivity index (χ4n) is 4.58. The summed E-state index contributed by atoms with van der Waals surface area (Å²) in [6, 6.07) is 12.1. The van der Waals surface area contributed by atoms with Crippen LogP contribution in [0.3, 0.4) is 0 Å². The lowest BCUT2D eigenvalue weighted by Crippen LogP contribution is -2.38. The van der Waals surface area contributed by atoms with Gasteiger partial charge in [-0.25, -0.2) is 4.39 Å². The van der Waals surface area contributed by atoms with Crippen molar-refractivity contribution in [1.29, 1.82) is 0 Å². The number of aliphatic carboxylic acids is 1. The number of carboxylic acids is 1. The Morgan fingerprint density at radius 3 is 2.37 bits per heavy atom. The number of aromatic nitrogens is 1. The minimum absolute atomic E-state index is 0.0320. The number of rotatable bonds is 4. The maximum atomic E-state index is 14.0. The molecule has 1 saturated heterocycles. The number of halogens is 1. The van der Waals surface area contributed by atoms with E-state index in [1.165, 1.54) is 12.1 Å². The van der Waals surface area contributed by atoms with Gasteiger partial charge in [0.05, 0.1) is 0 Å². The molecule has 0 radical (unpaired) electrons. The largest absolute Gasteiger partial charge is 0.480 e. The zero-order chi connectivity index (χ0) is 21.4. The van der Waals surface area contributed by atoms with Crippen LogP contribution in [0, 0.1) is 19.7 Å². The molecule has 1 aliphatic rings. The van der Waals surface area contributed by atoms with Crippen molar-refractivity contribution in [3.63, 3.8) is 0 Å². The summed E-state index contributed by atoms with van der Waals surface area (Å²) in [6.07, 6.45) is 1.53. The van der Waals surface area contributed by atoms with Crippen molar-refractivity contribution < 1.29 is 19.1 Å². The normalized spacial score (nSPS) is 15.0. The molecule has 0 spiro atoms. The molecule has 0 saturated carbocycles. The van der Waals surface area contributed by atoms with E-state index in [1.807, 2.05) is 43.0 Å².